The number of aromatic nitrogens is 3. The van der Waals surface area contributed by atoms with E-state index in [1.165, 1.54) is 0 Å². The highest BCUT2D eigenvalue weighted by Gasteiger charge is 2.33. The van der Waals surface area contributed by atoms with Crippen molar-refractivity contribution in [2.45, 2.75) is 52.6 Å². The Morgan fingerprint density at radius 1 is 1.35 bits per heavy atom. The first-order valence-corrected chi connectivity index (χ1v) is 8.38. The maximum absolute atomic E-state index is 13.1. The molecule has 2 aromatic rings. The summed E-state index contributed by atoms with van der Waals surface area (Å²) in [7, 11) is 1.92. The molecule has 1 aliphatic heterocycles. The van der Waals surface area contributed by atoms with E-state index < -0.39 is 0 Å². The second kappa shape index (κ2) is 5.87. The van der Waals surface area contributed by atoms with Crippen molar-refractivity contribution in [2.24, 2.45) is 7.05 Å². The third-order valence-corrected chi connectivity index (χ3v) is 4.85. The molecule has 3 rings (SSSR count). The van der Waals surface area contributed by atoms with Gasteiger partial charge in [0, 0.05) is 42.8 Å². The highest BCUT2D eigenvalue weighted by Crippen LogP contribution is 2.34. The number of nitrogens with zero attached hydrogens (tertiary/aromatic N) is 4. The molecule has 0 N–H and O–H groups in total. The lowest BCUT2D eigenvalue weighted by atomic mass is 10.1. The minimum absolute atomic E-state index is 0.149. The van der Waals surface area contributed by atoms with Crippen LogP contribution in [0.5, 0.6) is 0 Å². The maximum Gasteiger partial charge on any atom is 0.256 e. The Kier molecular flexibility index (Phi) is 4.04. The van der Waals surface area contributed by atoms with Crippen LogP contribution in [0.4, 0.5) is 0 Å². The third-order valence-electron chi connectivity index (χ3n) is 4.85. The Labute approximate surface area is 137 Å². The van der Waals surface area contributed by atoms with Gasteiger partial charge in [0.1, 0.15) is 0 Å². The molecule has 124 valence electrons. The third kappa shape index (κ3) is 2.69. The number of hydrogen-bond donors (Lipinski definition) is 0. The van der Waals surface area contributed by atoms with Gasteiger partial charge in [0.15, 0.2) is 0 Å². The van der Waals surface area contributed by atoms with Crippen LogP contribution < -0.4 is 0 Å². The van der Waals surface area contributed by atoms with Crippen LogP contribution in [0.3, 0.4) is 0 Å². The topological polar surface area (TPSA) is 43.1 Å². The quantitative estimate of drug-likeness (QED) is 0.871. The summed E-state index contributed by atoms with van der Waals surface area (Å²) in [5, 5.41) is 4.26. The molecule has 0 aliphatic carbocycles. The van der Waals surface area contributed by atoms with Crippen LogP contribution >= 0.6 is 0 Å². The zero-order valence-corrected chi connectivity index (χ0v) is 14.7. The molecule has 0 spiro atoms. The number of carbonyl (C=O) groups excluding carboxylic acids is 1. The second-order valence-corrected chi connectivity index (χ2v) is 6.85. The number of rotatable bonds is 3. The minimum Gasteiger partial charge on any atom is -0.346 e. The van der Waals surface area contributed by atoms with Crippen LogP contribution in [0.1, 0.15) is 66.1 Å². The van der Waals surface area contributed by atoms with E-state index in [4.69, 9.17) is 0 Å². The summed E-state index contributed by atoms with van der Waals surface area (Å²) in [5.74, 6) is 0.149. The lowest BCUT2D eigenvalue weighted by Gasteiger charge is -2.24. The predicted molar refractivity (Wildman–Crippen MR) is 90.5 cm³/mol. The average molecular weight is 314 g/mol. The summed E-state index contributed by atoms with van der Waals surface area (Å²) < 4.78 is 4.04. The molecule has 1 atom stereocenters. The molecule has 0 unspecified atom stereocenters. The smallest absolute Gasteiger partial charge is 0.256 e. The molecule has 3 heterocycles. The first kappa shape index (κ1) is 15.8. The molecular weight excluding hydrogens is 288 g/mol. The van der Waals surface area contributed by atoms with Crippen LogP contribution in [-0.4, -0.2) is 31.7 Å². The molecule has 0 aromatic carbocycles. The van der Waals surface area contributed by atoms with Crippen LogP contribution in [0, 0.1) is 13.8 Å². The van der Waals surface area contributed by atoms with Crippen molar-refractivity contribution in [2.75, 3.05) is 6.54 Å². The first-order valence-electron chi connectivity index (χ1n) is 8.38. The van der Waals surface area contributed by atoms with E-state index in [9.17, 15) is 4.79 Å². The Morgan fingerprint density at radius 3 is 2.65 bits per heavy atom. The van der Waals surface area contributed by atoms with Crippen LogP contribution in [-0.2, 0) is 7.05 Å². The van der Waals surface area contributed by atoms with E-state index in [0.717, 1.165) is 41.9 Å². The molecule has 1 aliphatic rings. The molecule has 0 bridgehead atoms. The molecule has 1 saturated heterocycles. The van der Waals surface area contributed by atoms with Crippen LogP contribution in [0.15, 0.2) is 18.5 Å². The van der Waals surface area contributed by atoms with Gasteiger partial charge in [-0.3, -0.25) is 9.48 Å². The van der Waals surface area contributed by atoms with Crippen molar-refractivity contribution >= 4 is 5.91 Å². The van der Waals surface area contributed by atoms with Crippen LogP contribution in [0.25, 0.3) is 0 Å². The van der Waals surface area contributed by atoms with Crippen molar-refractivity contribution in [3.05, 3.63) is 41.0 Å². The first-order chi connectivity index (χ1) is 10.9. The van der Waals surface area contributed by atoms with E-state index in [2.05, 4.69) is 37.4 Å². The minimum atomic E-state index is 0.149. The molecule has 2 aromatic heterocycles. The Balaban J connectivity index is 1.92. The molecular formula is C18H26N4O. The van der Waals surface area contributed by atoms with Gasteiger partial charge in [-0.15, -0.1) is 0 Å². The standard InChI is InChI=1S/C18H26N4O/c1-12(2)22-13(3)9-16(14(22)4)18(23)21-8-6-7-17(21)15-10-19-20(5)11-15/h9-12,17H,6-8H2,1-5H3/t17-/m0/s1. The maximum atomic E-state index is 13.1. The van der Waals surface area contributed by atoms with Gasteiger partial charge in [-0.05, 0) is 46.6 Å². The van der Waals surface area contributed by atoms with Crippen molar-refractivity contribution in [3.63, 3.8) is 0 Å². The molecule has 1 fully saturated rings. The van der Waals surface area contributed by atoms with Crippen molar-refractivity contribution in [3.8, 4) is 0 Å². The van der Waals surface area contributed by atoms with Gasteiger partial charge in [-0.2, -0.15) is 5.10 Å². The van der Waals surface area contributed by atoms with E-state index >= 15 is 0 Å². The molecule has 23 heavy (non-hydrogen) atoms. The van der Waals surface area contributed by atoms with Gasteiger partial charge in [0.2, 0.25) is 0 Å². The zero-order valence-electron chi connectivity index (χ0n) is 14.7. The Hall–Kier alpha value is -2.04. The number of aryl methyl sites for hydroxylation is 2. The summed E-state index contributed by atoms with van der Waals surface area (Å²) in [6.07, 6.45) is 5.97. The highest BCUT2D eigenvalue weighted by molar-refractivity contribution is 5.96. The Bertz CT molecular complexity index is 725. The molecule has 0 saturated carbocycles. The normalized spacial score (nSPS) is 18.2. The monoisotopic (exact) mass is 314 g/mol. The fourth-order valence-corrected chi connectivity index (χ4v) is 3.91. The molecule has 0 radical (unpaired) electrons. The summed E-state index contributed by atoms with van der Waals surface area (Å²) in [6.45, 7) is 9.26. The fraction of sp³-hybridized carbons (Fsp3) is 0.556. The van der Waals surface area contributed by atoms with E-state index in [0.29, 0.717) is 6.04 Å². The van der Waals surface area contributed by atoms with Gasteiger partial charge < -0.3 is 9.47 Å². The molecule has 5 nitrogen and oxygen atoms in total. The van der Waals surface area contributed by atoms with E-state index in [1.54, 1.807) is 4.68 Å². The van der Waals surface area contributed by atoms with Crippen molar-refractivity contribution < 1.29 is 4.79 Å². The number of likely N-dealkylation sites (tertiary alicyclic amines) is 1. The van der Waals surface area contributed by atoms with E-state index in [-0.39, 0.29) is 11.9 Å². The lowest BCUT2D eigenvalue weighted by Crippen LogP contribution is -2.30. The Morgan fingerprint density at radius 2 is 2.09 bits per heavy atom. The summed E-state index contributed by atoms with van der Waals surface area (Å²) in [6, 6.07) is 2.55. The van der Waals surface area contributed by atoms with Gasteiger partial charge >= 0.3 is 0 Å². The predicted octanol–water partition coefficient (Wildman–Crippen LogP) is 3.40. The fourth-order valence-electron chi connectivity index (χ4n) is 3.91. The lowest BCUT2D eigenvalue weighted by molar-refractivity contribution is 0.0734. The zero-order chi connectivity index (χ0) is 16.7. The van der Waals surface area contributed by atoms with Gasteiger partial charge in [-0.1, -0.05) is 0 Å². The summed E-state index contributed by atoms with van der Waals surface area (Å²) in [4.78, 5) is 15.1. The van der Waals surface area contributed by atoms with Crippen LogP contribution in [0.2, 0.25) is 0 Å². The molecule has 5 heteroatoms. The number of amides is 1. The van der Waals surface area contributed by atoms with Gasteiger partial charge in [0.25, 0.3) is 5.91 Å². The summed E-state index contributed by atoms with van der Waals surface area (Å²) in [5.41, 5.74) is 4.19. The van der Waals surface area contributed by atoms with Crippen molar-refractivity contribution in [1.82, 2.24) is 19.2 Å². The SMILES string of the molecule is Cc1cc(C(=O)N2CCC[C@H]2c2cnn(C)c2)c(C)n1C(C)C. The number of hydrogen-bond acceptors (Lipinski definition) is 2. The van der Waals surface area contributed by atoms with E-state index in [1.807, 2.05) is 30.4 Å². The van der Waals surface area contributed by atoms with Gasteiger partial charge in [-0.25, -0.2) is 0 Å². The van der Waals surface area contributed by atoms with Crippen molar-refractivity contribution in [1.29, 1.82) is 0 Å². The summed E-state index contributed by atoms with van der Waals surface area (Å²) >= 11 is 0. The number of carbonyl (C=O) groups is 1. The van der Waals surface area contributed by atoms with Gasteiger partial charge in [0.05, 0.1) is 17.8 Å². The average Bonchev–Trinajstić information content (AvgIpc) is 3.16. The highest BCUT2D eigenvalue weighted by atomic mass is 16.2. The molecule has 1 amide bonds. The second-order valence-electron chi connectivity index (χ2n) is 6.85. The largest absolute Gasteiger partial charge is 0.346 e.